The van der Waals surface area contributed by atoms with E-state index >= 15 is 0 Å². The maximum atomic E-state index is 13.2. The molecule has 37 heavy (non-hydrogen) atoms. The molecule has 0 saturated heterocycles. The van der Waals surface area contributed by atoms with Crippen LogP contribution in [0.1, 0.15) is 45.7 Å². The van der Waals surface area contributed by atoms with Gasteiger partial charge in [0.1, 0.15) is 8.42 Å². The summed E-state index contributed by atoms with van der Waals surface area (Å²) in [7, 11) is -6.96. The first-order chi connectivity index (χ1) is 17.3. The fraction of sp³-hybridized carbons (Fsp3) is 0.619. The van der Waals surface area contributed by atoms with E-state index < -0.39 is 56.1 Å². The third-order valence-corrected chi connectivity index (χ3v) is 10.6. The van der Waals surface area contributed by atoms with Crippen LogP contribution in [0.3, 0.4) is 0 Å². The number of nitrogens with zero attached hydrogens (tertiary/aromatic N) is 1. The van der Waals surface area contributed by atoms with Crippen molar-refractivity contribution >= 4 is 49.2 Å². The number of likely N-dealkylation sites (N-methyl/N-ethyl adjacent to an activating group) is 1. The minimum Gasteiger partial charge on any atom is -0.450 e. The largest absolute Gasteiger partial charge is 0.450 e. The summed E-state index contributed by atoms with van der Waals surface area (Å²) in [4.78, 5) is 35.8. The van der Waals surface area contributed by atoms with Crippen LogP contribution >= 0.6 is 11.3 Å². The first kappa shape index (κ1) is 31.1. The van der Waals surface area contributed by atoms with E-state index in [0.717, 1.165) is 13.3 Å². The molecule has 1 aliphatic heterocycles. The smallest absolute Gasteiger partial charge is 0.347 e. The van der Waals surface area contributed by atoms with Crippen molar-refractivity contribution in [3.8, 4) is 0 Å². The zero-order chi connectivity index (χ0) is 28.0. The van der Waals surface area contributed by atoms with Gasteiger partial charge in [-0.1, -0.05) is 13.8 Å². The Morgan fingerprint density at radius 3 is 2.51 bits per heavy atom. The number of sulfonamides is 2. The Morgan fingerprint density at radius 1 is 1.24 bits per heavy atom. The topological polar surface area (TPSA) is 174 Å². The fourth-order valence-electron chi connectivity index (χ4n) is 3.36. The van der Waals surface area contributed by atoms with Crippen LogP contribution in [0.4, 0.5) is 0 Å². The Morgan fingerprint density at radius 2 is 1.92 bits per heavy atom. The first-order valence-corrected chi connectivity index (χ1v) is 15.2. The monoisotopic (exact) mass is 582 g/mol. The summed E-state index contributed by atoms with van der Waals surface area (Å²) in [5.74, 6) is -2.98. The zero-order valence-corrected chi connectivity index (χ0v) is 23.6. The summed E-state index contributed by atoms with van der Waals surface area (Å²) in [6.07, 6.45) is -1.31. The lowest BCUT2D eigenvalue weighted by atomic mass is 10.1. The number of hydrogen-bond donors (Lipinski definition) is 2. The Hall–Kier alpha value is -2.11. The second-order valence-corrected chi connectivity index (χ2v) is 13.1. The van der Waals surface area contributed by atoms with Gasteiger partial charge < -0.3 is 19.5 Å². The van der Waals surface area contributed by atoms with Gasteiger partial charge in [-0.3, -0.25) is 9.59 Å². The van der Waals surface area contributed by atoms with E-state index in [4.69, 9.17) is 14.2 Å². The van der Waals surface area contributed by atoms with Crippen molar-refractivity contribution in [3.63, 3.8) is 0 Å². The molecule has 0 unspecified atom stereocenters. The third-order valence-electron chi connectivity index (χ3n) is 5.27. The van der Waals surface area contributed by atoms with E-state index in [9.17, 15) is 31.2 Å². The van der Waals surface area contributed by atoms with Crippen LogP contribution in [-0.2, 0) is 48.6 Å². The molecule has 2 heterocycles. The van der Waals surface area contributed by atoms with Gasteiger partial charge in [-0.25, -0.2) is 26.4 Å². The van der Waals surface area contributed by atoms with Crippen LogP contribution in [0.5, 0.6) is 0 Å². The van der Waals surface area contributed by atoms with Crippen molar-refractivity contribution in [2.45, 2.75) is 60.8 Å². The molecule has 16 heteroatoms. The van der Waals surface area contributed by atoms with E-state index in [2.05, 4.69) is 5.32 Å². The molecule has 1 aliphatic rings. The minimum atomic E-state index is -4.50. The maximum absolute atomic E-state index is 13.2. The molecule has 209 valence electrons. The lowest BCUT2D eigenvalue weighted by Gasteiger charge is -2.32. The Balaban J connectivity index is 2.23. The van der Waals surface area contributed by atoms with Gasteiger partial charge in [0.2, 0.25) is 0 Å². The second kappa shape index (κ2) is 13.1. The molecule has 1 aromatic heterocycles. The highest BCUT2D eigenvalue weighted by Crippen LogP contribution is 2.40. The Kier molecular flexibility index (Phi) is 11.0. The SMILES string of the molecule is C[CH]C(=O)O[C@@H](C)C(=O)O[C@@H](C)C(=O)NS(=O)(=O)c1cc2c(s1)S(=O)(=O)N(CCCOC)C[C@@H]2NCC. The first-order valence-electron chi connectivity index (χ1n) is 11.4. The highest BCUT2D eigenvalue weighted by Gasteiger charge is 2.40. The van der Waals surface area contributed by atoms with Gasteiger partial charge in [0.05, 0.1) is 6.42 Å². The van der Waals surface area contributed by atoms with Crippen molar-refractivity contribution < 1.29 is 45.4 Å². The number of ether oxygens (including phenoxy) is 3. The molecule has 3 atom stereocenters. The van der Waals surface area contributed by atoms with Crippen LogP contribution in [-0.4, -0.2) is 84.5 Å². The van der Waals surface area contributed by atoms with Crippen molar-refractivity contribution in [1.82, 2.24) is 14.3 Å². The molecule has 2 rings (SSSR count). The lowest BCUT2D eigenvalue weighted by Crippen LogP contribution is -2.43. The number of thiophene rings is 1. The van der Waals surface area contributed by atoms with E-state index in [-0.39, 0.29) is 21.5 Å². The van der Waals surface area contributed by atoms with Crippen molar-refractivity contribution in [2.75, 3.05) is 33.4 Å². The van der Waals surface area contributed by atoms with E-state index in [1.807, 2.05) is 11.6 Å². The molecule has 0 bridgehead atoms. The molecule has 1 aromatic rings. The van der Waals surface area contributed by atoms with E-state index in [1.54, 1.807) is 0 Å². The standard InChI is InChI=1S/C21H32N3O10S3/c1-6-17(25)33-14(4)20(27)34-13(3)19(26)23-36(28,29)18-11-15-16(22-7-2)12-24(9-8-10-32-5)37(30,31)21(15)35-18/h6,11,13-14,16,22H,7-10,12H2,1-5H3,(H,23,26)/t13-,14-,16-/m0/s1. The van der Waals surface area contributed by atoms with Gasteiger partial charge in [-0.05, 0) is 32.9 Å². The van der Waals surface area contributed by atoms with Gasteiger partial charge in [-0.15, -0.1) is 11.3 Å². The molecule has 1 amide bonds. The molecule has 0 aliphatic carbocycles. The third kappa shape index (κ3) is 7.70. The average Bonchev–Trinajstić information content (AvgIpc) is 3.30. The van der Waals surface area contributed by atoms with E-state index in [1.165, 1.54) is 31.3 Å². The van der Waals surface area contributed by atoms with Crippen molar-refractivity contribution in [3.05, 3.63) is 18.1 Å². The quantitative estimate of drug-likeness (QED) is 0.242. The summed E-state index contributed by atoms with van der Waals surface area (Å²) in [5.41, 5.74) is 0.297. The molecule has 1 radical (unpaired) electrons. The Bertz CT molecular complexity index is 1200. The second-order valence-electron chi connectivity index (χ2n) is 8.04. The molecule has 13 nitrogen and oxygen atoms in total. The number of fused-ring (bicyclic) bond motifs is 1. The van der Waals surface area contributed by atoms with Crippen molar-refractivity contribution in [2.24, 2.45) is 0 Å². The van der Waals surface area contributed by atoms with Gasteiger partial charge >= 0.3 is 11.9 Å². The molecule has 0 aromatic carbocycles. The number of amides is 1. The van der Waals surface area contributed by atoms with Gasteiger partial charge in [-0.2, -0.15) is 4.31 Å². The predicted molar refractivity (Wildman–Crippen MR) is 132 cm³/mol. The number of hydrogen-bond acceptors (Lipinski definition) is 12. The summed E-state index contributed by atoms with van der Waals surface area (Å²) < 4.78 is 69.5. The van der Waals surface area contributed by atoms with Crippen LogP contribution in [0.15, 0.2) is 14.5 Å². The number of esters is 2. The van der Waals surface area contributed by atoms with Gasteiger partial charge in [0.25, 0.3) is 26.0 Å². The predicted octanol–water partition coefficient (Wildman–Crippen LogP) is 0.332. The van der Waals surface area contributed by atoms with Gasteiger partial charge in [0.15, 0.2) is 12.2 Å². The van der Waals surface area contributed by atoms with Gasteiger partial charge in [0, 0.05) is 38.4 Å². The summed E-state index contributed by atoms with van der Waals surface area (Å²) >= 11 is 0.531. The van der Waals surface area contributed by atoms with Crippen LogP contribution in [0, 0.1) is 6.42 Å². The van der Waals surface area contributed by atoms with Crippen LogP contribution in [0.25, 0.3) is 0 Å². The molecule has 0 saturated carbocycles. The highest BCUT2D eigenvalue weighted by molar-refractivity contribution is 7.94. The lowest BCUT2D eigenvalue weighted by molar-refractivity contribution is -0.169. The number of carbonyl (C=O) groups is 3. The number of carbonyl (C=O) groups excluding carboxylic acids is 3. The average molecular weight is 583 g/mol. The molecular weight excluding hydrogens is 550 g/mol. The minimum absolute atomic E-state index is 0.112. The Labute approximate surface area is 220 Å². The number of nitrogens with one attached hydrogen (secondary N) is 2. The summed E-state index contributed by atoms with van der Waals surface area (Å²) in [6, 6.07) is 0.776. The number of rotatable bonds is 13. The summed E-state index contributed by atoms with van der Waals surface area (Å²) in [6.45, 7) is 6.82. The summed E-state index contributed by atoms with van der Waals surface area (Å²) in [5, 5.41) is 3.16. The molecule has 2 N–H and O–H groups in total. The number of methoxy groups -OCH3 is 1. The van der Waals surface area contributed by atoms with Crippen LogP contribution in [0.2, 0.25) is 0 Å². The maximum Gasteiger partial charge on any atom is 0.347 e. The highest BCUT2D eigenvalue weighted by atomic mass is 32.3. The fourth-order valence-corrected chi connectivity index (χ4v) is 8.29. The normalized spacial score (nSPS) is 18.9. The van der Waals surface area contributed by atoms with E-state index in [0.29, 0.717) is 36.5 Å². The molecule has 0 spiro atoms. The zero-order valence-electron chi connectivity index (χ0n) is 21.2. The molecular formula is C21H32N3O10S3. The van der Waals surface area contributed by atoms with Crippen molar-refractivity contribution in [1.29, 1.82) is 0 Å². The molecule has 0 fully saturated rings. The van der Waals surface area contributed by atoms with Crippen LogP contribution < -0.4 is 10.0 Å².